The van der Waals surface area contributed by atoms with E-state index >= 15 is 0 Å². The van der Waals surface area contributed by atoms with Crippen molar-refractivity contribution in [3.63, 3.8) is 0 Å². The molecule has 0 spiro atoms. The first-order valence-electron chi connectivity index (χ1n) is 13.0. The highest BCUT2D eigenvalue weighted by Gasteiger charge is 2.27. The summed E-state index contributed by atoms with van der Waals surface area (Å²) < 4.78 is 43.9. The van der Waals surface area contributed by atoms with Crippen molar-refractivity contribution in [3.05, 3.63) is 87.1 Å². The average Bonchev–Trinajstić information content (AvgIpc) is 3.23. The van der Waals surface area contributed by atoms with Crippen LogP contribution in [0.25, 0.3) is 16.7 Å². The van der Waals surface area contributed by atoms with E-state index in [1.807, 2.05) is 0 Å². The van der Waals surface area contributed by atoms with E-state index in [1.165, 1.54) is 42.1 Å². The molecule has 41 heavy (non-hydrogen) atoms. The highest BCUT2D eigenvalue weighted by atomic mass is 35.5. The van der Waals surface area contributed by atoms with Crippen LogP contribution < -0.4 is 16.3 Å². The summed E-state index contributed by atoms with van der Waals surface area (Å²) in [5.74, 6) is -1.44. The van der Waals surface area contributed by atoms with Crippen molar-refractivity contribution >= 4 is 34.4 Å². The summed E-state index contributed by atoms with van der Waals surface area (Å²) in [6, 6.07) is 8.15. The first-order valence-corrected chi connectivity index (χ1v) is 13.4. The zero-order valence-corrected chi connectivity index (χ0v) is 22.7. The van der Waals surface area contributed by atoms with Gasteiger partial charge >= 0.3 is 5.69 Å². The van der Waals surface area contributed by atoms with Crippen molar-refractivity contribution in [2.75, 3.05) is 7.05 Å². The maximum Gasteiger partial charge on any atom is 0.333 e. The van der Waals surface area contributed by atoms with Crippen LogP contribution in [0.4, 0.5) is 13.2 Å². The van der Waals surface area contributed by atoms with Gasteiger partial charge < -0.3 is 10.6 Å². The van der Waals surface area contributed by atoms with Crippen LogP contribution in [-0.4, -0.2) is 44.0 Å². The first-order chi connectivity index (χ1) is 19.7. The Hall–Kier alpha value is -4.19. The van der Waals surface area contributed by atoms with Gasteiger partial charge in [-0.25, -0.2) is 22.9 Å². The number of amides is 2. The number of nitrogens with one attached hydrogen (secondary N) is 2. The predicted molar refractivity (Wildman–Crippen MR) is 146 cm³/mol. The minimum Gasteiger partial charge on any atom is -0.354 e. The number of benzene rings is 1. The fraction of sp³-hybridized carbons (Fsp3) is 0.321. The molecule has 4 aromatic rings. The molecule has 1 saturated carbocycles. The number of hydrogen-bond donors (Lipinski definition) is 2. The van der Waals surface area contributed by atoms with Crippen molar-refractivity contribution in [2.24, 2.45) is 5.92 Å². The second-order valence-corrected chi connectivity index (χ2v) is 10.4. The summed E-state index contributed by atoms with van der Waals surface area (Å²) in [5, 5.41) is 5.38. The lowest BCUT2D eigenvalue weighted by molar-refractivity contribution is 0.0903. The van der Waals surface area contributed by atoms with Gasteiger partial charge in [0.15, 0.2) is 0 Å². The SMILES string of the molecule is CNC(=O)c1ccc(-n2c(=O)n(CC3CCC(NC(=O)c4cc(Cl)cnc4C(F)F)CC3)c3ccc(F)cc32)cn1. The van der Waals surface area contributed by atoms with Crippen molar-refractivity contribution in [1.82, 2.24) is 29.7 Å². The fourth-order valence-corrected chi connectivity index (χ4v) is 5.41. The highest BCUT2D eigenvalue weighted by Crippen LogP contribution is 2.29. The quantitative estimate of drug-likeness (QED) is 0.327. The second kappa shape index (κ2) is 11.7. The zero-order chi connectivity index (χ0) is 29.3. The standard InChI is InChI=1S/C28H26ClF3N6O3/c1-33-27(40)21-8-7-19(13-34-21)38-23-11-17(30)4-9-22(23)37(28(38)41)14-15-2-5-18(6-3-15)36-26(39)20-10-16(29)12-35-24(20)25(31)32/h4,7-13,15,18,25H,2-3,5-6,14H2,1H3,(H,33,40)(H,36,39). The molecule has 3 heterocycles. The maximum absolute atomic E-state index is 14.2. The summed E-state index contributed by atoms with van der Waals surface area (Å²) in [6.07, 6.45) is 2.06. The lowest BCUT2D eigenvalue weighted by atomic mass is 9.85. The summed E-state index contributed by atoms with van der Waals surface area (Å²) in [6.45, 7) is 0.367. The first kappa shape index (κ1) is 28.3. The van der Waals surface area contributed by atoms with E-state index in [1.54, 1.807) is 16.7 Å². The molecule has 0 atom stereocenters. The van der Waals surface area contributed by atoms with Crippen LogP contribution in [0.2, 0.25) is 5.02 Å². The second-order valence-electron chi connectivity index (χ2n) is 9.92. The largest absolute Gasteiger partial charge is 0.354 e. The van der Waals surface area contributed by atoms with Crippen molar-refractivity contribution in [2.45, 2.75) is 44.7 Å². The Kier molecular flexibility index (Phi) is 8.11. The number of carbonyl (C=O) groups is 2. The van der Waals surface area contributed by atoms with E-state index in [9.17, 15) is 27.6 Å². The number of fused-ring (bicyclic) bond motifs is 1. The Morgan fingerprint density at radius 3 is 2.44 bits per heavy atom. The van der Waals surface area contributed by atoms with Crippen LogP contribution in [-0.2, 0) is 6.54 Å². The molecule has 3 aromatic heterocycles. The van der Waals surface area contributed by atoms with E-state index in [2.05, 4.69) is 20.6 Å². The molecule has 5 rings (SSSR count). The Labute approximate surface area is 237 Å². The Balaban J connectivity index is 1.32. The van der Waals surface area contributed by atoms with Gasteiger partial charge in [-0.05, 0) is 61.9 Å². The molecule has 0 radical (unpaired) electrons. The monoisotopic (exact) mass is 586 g/mol. The molecule has 13 heteroatoms. The van der Waals surface area contributed by atoms with Crippen LogP contribution in [0.1, 0.15) is 58.6 Å². The molecule has 1 fully saturated rings. The maximum atomic E-state index is 14.2. The average molecular weight is 587 g/mol. The zero-order valence-electron chi connectivity index (χ0n) is 21.9. The molecule has 0 aliphatic heterocycles. The van der Waals surface area contributed by atoms with Crippen LogP contribution in [0.15, 0.2) is 53.6 Å². The number of alkyl halides is 2. The number of rotatable bonds is 7. The van der Waals surface area contributed by atoms with Gasteiger partial charge in [-0.2, -0.15) is 0 Å². The molecule has 1 aromatic carbocycles. The Morgan fingerprint density at radius 2 is 1.78 bits per heavy atom. The minimum absolute atomic E-state index is 0.0863. The number of aromatic nitrogens is 4. The lowest BCUT2D eigenvalue weighted by Crippen LogP contribution is -2.39. The smallest absolute Gasteiger partial charge is 0.333 e. The van der Waals surface area contributed by atoms with E-state index in [-0.39, 0.29) is 39.8 Å². The van der Waals surface area contributed by atoms with Crippen molar-refractivity contribution in [3.8, 4) is 5.69 Å². The van der Waals surface area contributed by atoms with Gasteiger partial charge in [0.05, 0.1) is 33.5 Å². The highest BCUT2D eigenvalue weighted by molar-refractivity contribution is 6.30. The number of carbonyl (C=O) groups excluding carboxylic acids is 2. The van der Waals surface area contributed by atoms with Crippen LogP contribution in [0.5, 0.6) is 0 Å². The van der Waals surface area contributed by atoms with E-state index in [0.717, 1.165) is 6.20 Å². The molecule has 214 valence electrons. The van der Waals surface area contributed by atoms with Crippen LogP contribution >= 0.6 is 11.6 Å². The van der Waals surface area contributed by atoms with Gasteiger partial charge in [0.2, 0.25) is 0 Å². The number of imidazole rings is 1. The fourth-order valence-electron chi connectivity index (χ4n) is 5.25. The summed E-state index contributed by atoms with van der Waals surface area (Å²) in [7, 11) is 1.49. The molecule has 0 saturated heterocycles. The third-order valence-electron chi connectivity index (χ3n) is 7.32. The molecule has 1 aliphatic carbocycles. The normalized spacial score (nSPS) is 17.1. The van der Waals surface area contributed by atoms with Crippen LogP contribution in [0, 0.1) is 11.7 Å². The van der Waals surface area contributed by atoms with E-state index < -0.39 is 23.8 Å². The topological polar surface area (TPSA) is 111 Å². The summed E-state index contributed by atoms with van der Waals surface area (Å²) in [4.78, 5) is 45.9. The van der Waals surface area contributed by atoms with Gasteiger partial charge in [0, 0.05) is 31.9 Å². The number of pyridine rings is 2. The summed E-state index contributed by atoms with van der Waals surface area (Å²) in [5.41, 5.74) is 0.252. The molecule has 9 nitrogen and oxygen atoms in total. The van der Waals surface area contributed by atoms with Gasteiger partial charge in [-0.3, -0.25) is 23.7 Å². The lowest BCUT2D eigenvalue weighted by Gasteiger charge is -2.29. The van der Waals surface area contributed by atoms with Gasteiger partial charge in [-0.1, -0.05) is 11.6 Å². The molecular weight excluding hydrogens is 561 g/mol. The van der Waals surface area contributed by atoms with Crippen molar-refractivity contribution < 1.29 is 22.8 Å². The van der Waals surface area contributed by atoms with E-state index in [0.29, 0.717) is 48.9 Å². The Morgan fingerprint density at radius 1 is 1.02 bits per heavy atom. The molecule has 0 bridgehead atoms. The van der Waals surface area contributed by atoms with Gasteiger partial charge in [-0.15, -0.1) is 0 Å². The molecular formula is C28H26ClF3N6O3. The molecule has 2 N–H and O–H groups in total. The third kappa shape index (κ3) is 5.83. The predicted octanol–water partition coefficient (Wildman–Crippen LogP) is 4.66. The Bertz CT molecular complexity index is 1660. The molecule has 2 amide bonds. The number of nitrogens with zero attached hydrogens (tertiary/aromatic N) is 4. The van der Waals surface area contributed by atoms with E-state index in [4.69, 9.17) is 11.6 Å². The van der Waals surface area contributed by atoms with Gasteiger partial charge in [0.25, 0.3) is 18.2 Å². The molecule has 0 unspecified atom stereocenters. The number of hydrogen-bond acceptors (Lipinski definition) is 5. The molecule has 1 aliphatic rings. The van der Waals surface area contributed by atoms with Crippen LogP contribution in [0.3, 0.4) is 0 Å². The van der Waals surface area contributed by atoms with Crippen molar-refractivity contribution in [1.29, 1.82) is 0 Å². The minimum atomic E-state index is -2.91. The third-order valence-corrected chi connectivity index (χ3v) is 7.52. The number of halogens is 4. The summed E-state index contributed by atoms with van der Waals surface area (Å²) >= 11 is 5.88. The van der Waals surface area contributed by atoms with Gasteiger partial charge in [0.1, 0.15) is 17.2 Å².